The van der Waals surface area contributed by atoms with Gasteiger partial charge in [0.2, 0.25) is 0 Å². The van der Waals surface area contributed by atoms with Crippen LogP contribution in [0.5, 0.6) is 11.5 Å². The molecule has 0 aliphatic heterocycles. The average molecular weight is 433 g/mol. The number of pyridine rings is 1. The quantitative estimate of drug-likeness (QED) is 0.490. The van der Waals surface area contributed by atoms with Gasteiger partial charge in [-0.1, -0.05) is 18.2 Å². The van der Waals surface area contributed by atoms with Crippen molar-refractivity contribution >= 4 is 17.3 Å². The van der Waals surface area contributed by atoms with Gasteiger partial charge in [-0.25, -0.2) is 0 Å². The maximum absolute atomic E-state index is 11.2. The van der Waals surface area contributed by atoms with Crippen molar-refractivity contribution in [2.75, 3.05) is 12.0 Å². The lowest BCUT2D eigenvalue weighted by Crippen LogP contribution is -2.18. The number of carboxylic acid groups (broad SMARTS) is 1. The summed E-state index contributed by atoms with van der Waals surface area (Å²) in [5.74, 6) is 0.592. The smallest absolute Gasteiger partial charge is 0.307 e. The van der Waals surface area contributed by atoms with Crippen molar-refractivity contribution < 1.29 is 19.4 Å². The van der Waals surface area contributed by atoms with Crippen LogP contribution in [0, 0.1) is 0 Å². The first-order valence-corrected chi connectivity index (χ1v) is 10.9. The van der Waals surface area contributed by atoms with Gasteiger partial charge >= 0.3 is 5.97 Å². The van der Waals surface area contributed by atoms with Gasteiger partial charge in [0.1, 0.15) is 0 Å². The lowest BCUT2D eigenvalue weighted by molar-refractivity contribution is -0.136. The Balaban J connectivity index is 1.71. The highest BCUT2D eigenvalue weighted by molar-refractivity contribution is 5.72. The summed E-state index contributed by atoms with van der Waals surface area (Å²) >= 11 is 0. The molecule has 0 radical (unpaired) electrons. The number of hydrogen-bond donors (Lipinski definition) is 1. The molecule has 166 valence electrons. The van der Waals surface area contributed by atoms with Crippen LogP contribution in [-0.2, 0) is 17.8 Å². The lowest BCUT2D eigenvalue weighted by atomic mass is 10.1. The summed E-state index contributed by atoms with van der Waals surface area (Å²) < 4.78 is 11.9. The van der Waals surface area contributed by atoms with Crippen molar-refractivity contribution in [1.29, 1.82) is 0 Å². The molecule has 0 saturated heterocycles. The number of rotatable bonds is 9. The van der Waals surface area contributed by atoms with Crippen LogP contribution < -0.4 is 14.4 Å². The maximum atomic E-state index is 11.2. The van der Waals surface area contributed by atoms with Gasteiger partial charge in [0.05, 0.1) is 19.6 Å². The van der Waals surface area contributed by atoms with Gasteiger partial charge in [-0.05, 0) is 67.1 Å². The van der Waals surface area contributed by atoms with Gasteiger partial charge in [0.25, 0.3) is 0 Å². The number of nitrogens with zero attached hydrogens (tertiary/aromatic N) is 2. The third-order valence-corrected chi connectivity index (χ3v) is 5.70. The summed E-state index contributed by atoms with van der Waals surface area (Å²) in [6.45, 7) is 0.583. The van der Waals surface area contributed by atoms with Crippen LogP contribution >= 0.6 is 0 Å². The van der Waals surface area contributed by atoms with Crippen LogP contribution in [0.25, 0.3) is 0 Å². The predicted molar refractivity (Wildman–Crippen MR) is 124 cm³/mol. The fourth-order valence-electron chi connectivity index (χ4n) is 4.13. The van der Waals surface area contributed by atoms with E-state index in [-0.39, 0.29) is 12.5 Å². The summed E-state index contributed by atoms with van der Waals surface area (Å²) in [5.41, 5.74) is 3.65. The molecule has 6 heteroatoms. The monoisotopic (exact) mass is 432 g/mol. The minimum Gasteiger partial charge on any atom is -0.493 e. The van der Waals surface area contributed by atoms with E-state index in [2.05, 4.69) is 9.88 Å². The van der Waals surface area contributed by atoms with Crippen molar-refractivity contribution in [3.63, 3.8) is 0 Å². The van der Waals surface area contributed by atoms with Crippen LogP contribution in [0.3, 0.4) is 0 Å². The molecule has 0 spiro atoms. The number of ether oxygens (including phenoxy) is 2. The van der Waals surface area contributed by atoms with Gasteiger partial charge in [0.15, 0.2) is 11.5 Å². The molecular weight excluding hydrogens is 404 g/mol. The number of hydrogen-bond acceptors (Lipinski definition) is 5. The minimum atomic E-state index is -0.849. The third-order valence-electron chi connectivity index (χ3n) is 5.70. The van der Waals surface area contributed by atoms with E-state index in [0.29, 0.717) is 12.3 Å². The number of benzene rings is 2. The van der Waals surface area contributed by atoms with E-state index in [1.165, 1.54) is 12.8 Å². The molecule has 0 amide bonds. The Kier molecular flexibility index (Phi) is 6.90. The van der Waals surface area contributed by atoms with Crippen molar-refractivity contribution in [1.82, 2.24) is 4.98 Å². The summed E-state index contributed by atoms with van der Waals surface area (Å²) in [6.07, 6.45) is 8.29. The van der Waals surface area contributed by atoms with Crippen LogP contribution in [0.15, 0.2) is 67.0 Å². The Bertz CT molecular complexity index is 1050. The second kappa shape index (κ2) is 10.2. The molecule has 1 aliphatic rings. The zero-order valence-electron chi connectivity index (χ0n) is 18.2. The van der Waals surface area contributed by atoms with E-state index in [1.54, 1.807) is 13.3 Å². The van der Waals surface area contributed by atoms with Gasteiger partial charge in [-0.2, -0.15) is 0 Å². The van der Waals surface area contributed by atoms with Crippen molar-refractivity contribution in [2.24, 2.45) is 0 Å². The van der Waals surface area contributed by atoms with Crippen molar-refractivity contribution in [2.45, 2.75) is 44.8 Å². The highest BCUT2D eigenvalue weighted by atomic mass is 16.5. The first-order valence-electron chi connectivity index (χ1n) is 10.9. The molecule has 1 N–H and O–H groups in total. The summed E-state index contributed by atoms with van der Waals surface area (Å²) in [4.78, 5) is 17.6. The molecule has 1 aliphatic carbocycles. The van der Waals surface area contributed by atoms with Crippen LogP contribution in [0.1, 0.15) is 36.8 Å². The molecule has 1 fully saturated rings. The summed E-state index contributed by atoms with van der Waals surface area (Å²) in [7, 11) is 1.65. The van der Waals surface area contributed by atoms with E-state index >= 15 is 0 Å². The molecule has 1 heterocycles. The first-order chi connectivity index (χ1) is 15.6. The third kappa shape index (κ3) is 5.38. The van der Waals surface area contributed by atoms with E-state index < -0.39 is 5.97 Å². The molecule has 0 unspecified atom stereocenters. The Hall–Kier alpha value is -3.54. The Morgan fingerprint density at radius 3 is 2.53 bits per heavy atom. The highest BCUT2D eigenvalue weighted by Crippen LogP contribution is 2.38. The predicted octanol–water partition coefficient (Wildman–Crippen LogP) is 5.38. The molecule has 0 bridgehead atoms. The molecule has 4 rings (SSSR count). The zero-order valence-corrected chi connectivity index (χ0v) is 18.2. The molecular formula is C26H28N2O4. The van der Waals surface area contributed by atoms with Gasteiger partial charge in [0, 0.05) is 36.4 Å². The molecule has 0 atom stereocenters. The first kappa shape index (κ1) is 21.7. The number of carboxylic acids is 1. The second-order valence-corrected chi connectivity index (χ2v) is 8.05. The number of aromatic nitrogens is 1. The normalized spacial score (nSPS) is 13.7. The molecule has 6 nitrogen and oxygen atoms in total. The van der Waals surface area contributed by atoms with Crippen molar-refractivity contribution in [3.05, 3.63) is 78.1 Å². The Labute approximate surface area is 188 Å². The van der Waals surface area contributed by atoms with Gasteiger partial charge in [-0.3, -0.25) is 9.78 Å². The van der Waals surface area contributed by atoms with Crippen LogP contribution in [0.2, 0.25) is 0 Å². The summed E-state index contributed by atoms with van der Waals surface area (Å²) in [5, 5.41) is 9.23. The van der Waals surface area contributed by atoms with E-state index in [1.807, 2.05) is 60.8 Å². The second-order valence-electron chi connectivity index (χ2n) is 8.05. The topological polar surface area (TPSA) is 71.9 Å². The summed E-state index contributed by atoms with van der Waals surface area (Å²) in [6, 6.07) is 17.5. The number of aliphatic carboxylic acids is 1. The Morgan fingerprint density at radius 1 is 1.03 bits per heavy atom. The largest absolute Gasteiger partial charge is 0.493 e. The maximum Gasteiger partial charge on any atom is 0.307 e. The SMILES string of the molecule is COc1ccc(N(Cc2cccnc2)c2cccc(CC(=O)O)c2)cc1OC1CCCC1. The Morgan fingerprint density at radius 2 is 1.81 bits per heavy atom. The van der Waals surface area contributed by atoms with Crippen LogP contribution in [-0.4, -0.2) is 29.3 Å². The van der Waals surface area contributed by atoms with E-state index in [0.717, 1.165) is 41.1 Å². The minimum absolute atomic E-state index is 0.0206. The highest BCUT2D eigenvalue weighted by Gasteiger charge is 2.20. The number of anilines is 2. The van der Waals surface area contributed by atoms with Gasteiger partial charge < -0.3 is 19.5 Å². The fraction of sp³-hybridized carbons (Fsp3) is 0.308. The standard InChI is InChI=1S/C26H28N2O4/c1-31-24-12-11-22(16-25(24)32-23-9-2-3-10-23)28(18-20-7-5-13-27-17-20)21-8-4-6-19(14-21)15-26(29)30/h4-8,11-14,16-17,23H,2-3,9-10,15,18H2,1H3,(H,29,30). The van der Waals surface area contributed by atoms with Gasteiger partial charge in [-0.15, -0.1) is 0 Å². The molecule has 1 saturated carbocycles. The molecule has 2 aromatic carbocycles. The number of carbonyl (C=O) groups is 1. The average Bonchev–Trinajstić information content (AvgIpc) is 3.31. The number of methoxy groups -OCH3 is 1. The molecule has 32 heavy (non-hydrogen) atoms. The van der Waals surface area contributed by atoms with Crippen LogP contribution in [0.4, 0.5) is 11.4 Å². The molecule has 3 aromatic rings. The van der Waals surface area contributed by atoms with Crippen molar-refractivity contribution in [3.8, 4) is 11.5 Å². The fourth-order valence-corrected chi connectivity index (χ4v) is 4.13. The zero-order chi connectivity index (χ0) is 22.3. The lowest BCUT2D eigenvalue weighted by Gasteiger charge is -2.27. The molecule has 1 aromatic heterocycles. The van der Waals surface area contributed by atoms with E-state index in [9.17, 15) is 9.90 Å². The van der Waals surface area contributed by atoms with E-state index in [4.69, 9.17) is 9.47 Å².